The largest absolute Gasteiger partial charge is 0.457 e. The second-order valence-corrected chi connectivity index (χ2v) is 7.55. The first kappa shape index (κ1) is 20.0. The number of rotatable bonds is 6. The van der Waals surface area contributed by atoms with Crippen LogP contribution in [0.1, 0.15) is 19.4 Å². The van der Waals surface area contributed by atoms with Gasteiger partial charge in [-0.25, -0.2) is 4.79 Å². The van der Waals surface area contributed by atoms with E-state index in [1.807, 2.05) is 92.7 Å². The number of halogens is 1. The highest BCUT2D eigenvalue weighted by Gasteiger charge is 2.18. The van der Waals surface area contributed by atoms with Gasteiger partial charge in [0, 0.05) is 17.1 Å². The SMILES string of the molecule is CC(C)N(Cc1cccc(Oc2ccccc2)c1)C(=O)Nc1ccccc1Br. The number of benzene rings is 3. The summed E-state index contributed by atoms with van der Waals surface area (Å²) in [6.07, 6.45) is 0. The van der Waals surface area contributed by atoms with Gasteiger partial charge in [0.15, 0.2) is 0 Å². The van der Waals surface area contributed by atoms with Crippen molar-refractivity contribution in [3.63, 3.8) is 0 Å². The van der Waals surface area contributed by atoms with Gasteiger partial charge in [-0.05, 0) is 71.7 Å². The summed E-state index contributed by atoms with van der Waals surface area (Å²) in [6.45, 7) is 4.49. The standard InChI is InChI=1S/C23H23BrN2O2/c1-17(2)26(23(27)25-22-14-7-6-13-21(22)24)16-18-9-8-12-20(15-18)28-19-10-4-3-5-11-19/h3-15,17H,16H2,1-2H3,(H,25,27). The number of urea groups is 1. The van der Waals surface area contributed by atoms with Gasteiger partial charge >= 0.3 is 6.03 Å². The molecule has 0 aromatic heterocycles. The van der Waals surface area contributed by atoms with Crippen LogP contribution in [-0.4, -0.2) is 17.0 Å². The summed E-state index contributed by atoms with van der Waals surface area (Å²) in [4.78, 5) is 14.6. The Balaban J connectivity index is 1.72. The zero-order chi connectivity index (χ0) is 19.9. The van der Waals surface area contributed by atoms with E-state index in [4.69, 9.17) is 4.74 Å². The maximum Gasteiger partial charge on any atom is 0.322 e. The molecule has 0 aliphatic carbocycles. The fourth-order valence-electron chi connectivity index (χ4n) is 2.77. The van der Waals surface area contributed by atoms with Crippen molar-refractivity contribution in [1.82, 2.24) is 4.90 Å². The van der Waals surface area contributed by atoms with Gasteiger partial charge in [0.1, 0.15) is 11.5 Å². The van der Waals surface area contributed by atoms with Gasteiger partial charge in [0.25, 0.3) is 0 Å². The van der Waals surface area contributed by atoms with Crippen molar-refractivity contribution in [2.75, 3.05) is 5.32 Å². The Morgan fingerprint density at radius 3 is 2.36 bits per heavy atom. The summed E-state index contributed by atoms with van der Waals surface area (Å²) in [5, 5.41) is 2.98. The normalized spacial score (nSPS) is 10.6. The van der Waals surface area contributed by atoms with Crippen molar-refractivity contribution in [1.29, 1.82) is 0 Å². The van der Waals surface area contributed by atoms with Gasteiger partial charge in [-0.2, -0.15) is 0 Å². The van der Waals surface area contributed by atoms with Crippen molar-refractivity contribution < 1.29 is 9.53 Å². The lowest BCUT2D eigenvalue weighted by Crippen LogP contribution is -2.39. The molecule has 0 aliphatic rings. The lowest BCUT2D eigenvalue weighted by molar-refractivity contribution is 0.193. The molecule has 2 amide bonds. The molecule has 0 heterocycles. The molecule has 0 saturated heterocycles. The maximum absolute atomic E-state index is 12.8. The summed E-state index contributed by atoms with van der Waals surface area (Å²) in [7, 11) is 0. The summed E-state index contributed by atoms with van der Waals surface area (Å²) in [6, 6.07) is 25.0. The van der Waals surface area contributed by atoms with Crippen LogP contribution in [0.25, 0.3) is 0 Å². The third-order valence-corrected chi connectivity index (χ3v) is 4.92. The maximum atomic E-state index is 12.8. The molecule has 1 N–H and O–H groups in total. The van der Waals surface area contributed by atoms with Gasteiger partial charge in [-0.1, -0.05) is 42.5 Å². The molecule has 0 radical (unpaired) electrons. The van der Waals surface area contributed by atoms with E-state index in [-0.39, 0.29) is 12.1 Å². The van der Waals surface area contributed by atoms with Crippen molar-refractivity contribution in [3.8, 4) is 11.5 Å². The van der Waals surface area contributed by atoms with Crippen LogP contribution in [0.3, 0.4) is 0 Å². The summed E-state index contributed by atoms with van der Waals surface area (Å²) < 4.78 is 6.76. The number of hydrogen-bond acceptors (Lipinski definition) is 2. The Morgan fingerprint density at radius 1 is 0.964 bits per heavy atom. The first-order valence-electron chi connectivity index (χ1n) is 9.17. The second kappa shape index (κ2) is 9.42. The van der Waals surface area contributed by atoms with Gasteiger partial charge in [-0.3, -0.25) is 0 Å². The molecular weight excluding hydrogens is 416 g/mol. The number of anilines is 1. The van der Waals surface area contributed by atoms with E-state index < -0.39 is 0 Å². The molecule has 0 unspecified atom stereocenters. The van der Waals surface area contributed by atoms with Crippen LogP contribution in [0, 0.1) is 0 Å². The lowest BCUT2D eigenvalue weighted by atomic mass is 10.2. The second-order valence-electron chi connectivity index (χ2n) is 6.69. The highest BCUT2D eigenvalue weighted by atomic mass is 79.9. The molecule has 5 heteroatoms. The molecule has 3 rings (SSSR count). The van der Waals surface area contributed by atoms with Gasteiger partial charge < -0.3 is 15.0 Å². The van der Waals surface area contributed by atoms with Gasteiger partial charge in [0.05, 0.1) is 5.69 Å². The third kappa shape index (κ3) is 5.36. The molecule has 0 saturated carbocycles. The third-order valence-electron chi connectivity index (χ3n) is 4.23. The molecule has 3 aromatic carbocycles. The molecule has 4 nitrogen and oxygen atoms in total. The first-order valence-corrected chi connectivity index (χ1v) is 9.96. The van der Waals surface area contributed by atoms with Crippen molar-refractivity contribution in [2.24, 2.45) is 0 Å². The molecular formula is C23H23BrN2O2. The number of hydrogen-bond donors (Lipinski definition) is 1. The van der Waals surface area contributed by atoms with Crippen LogP contribution >= 0.6 is 15.9 Å². The summed E-state index contributed by atoms with van der Waals surface area (Å²) in [5.74, 6) is 1.53. The molecule has 0 atom stereocenters. The van der Waals surface area contributed by atoms with E-state index in [0.29, 0.717) is 6.54 Å². The van der Waals surface area contributed by atoms with E-state index in [1.54, 1.807) is 4.90 Å². The Morgan fingerprint density at radius 2 is 1.64 bits per heavy atom. The zero-order valence-electron chi connectivity index (χ0n) is 15.9. The quantitative estimate of drug-likeness (QED) is 0.465. The predicted molar refractivity (Wildman–Crippen MR) is 117 cm³/mol. The van der Waals surface area contributed by atoms with E-state index in [1.165, 1.54) is 0 Å². The lowest BCUT2D eigenvalue weighted by Gasteiger charge is -2.27. The van der Waals surface area contributed by atoms with Gasteiger partial charge in [0.2, 0.25) is 0 Å². The number of ether oxygens (including phenoxy) is 1. The molecule has 28 heavy (non-hydrogen) atoms. The summed E-state index contributed by atoms with van der Waals surface area (Å²) >= 11 is 3.47. The first-order chi connectivity index (χ1) is 13.5. The van der Waals surface area contributed by atoms with Crippen molar-refractivity contribution in [2.45, 2.75) is 26.4 Å². The summed E-state index contributed by atoms with van der Waals surface area (Å²) in [5.41, 5.74) is 1.75. The van der Waals surface area contributed by atoms with Gasteiger partial charge in [-0.15, -0.1) is 0 Å². The van der Waals surface area contributed by atoms with E-state index in [0.717, 1.165) is 27.2 Å². The van der Waals surface area contributed by atoms with E-state index >= 15 is 0 Å². The smallest absolute Gasteiger partial charge is 0.322 e. The Kier molecular flexibility index (Phi) is 6.71. The van der Waals surface area contributed by atoms with Crippen molar-refractivity contribution in [3.05, 3.63) is 88.9 Å². The van der Waals surface area contributed by atoms with E-state index in [9.17, 15) is 4.79 Å². The highest BCUT2D eigenvalue weighted by molar-refractivity contribution is 9.10. The minimum absolute atomic E-state index is 0.0428. The number of nitrogens with zero attached hydrogens (tertiary/aromatic N) is 1. The molecule has 0 fully saturated rings. The van der Waals surface area contributed by atoms with Crippen LogP contribution in [-0.2, 0) is 6.54 Å². The Labute approximate surface area is 174 Å². The monoisotopic (exact) mass is 438 g/mol. The average Bonchev–Trinajstić information content (AvgIpc) is 2.69. The molecule has 0 aliphatic heterocycles. The molecule has 144 valence electrons. The van der Waals surface area contributed by atoms with Crippen LogP contribution in [0.5, 0.6) is 11.5 Å². The number of carbonyl (C=O) groups is 1. The van der Waals surface area contributed by atoms with Crippen LogP contribution in [0.2, 0.25) is 0 Å². The number of amides is 2. The topological polar surface area (TPSA) is 41.6 Å². The number of nitrogens with one attached hydrogen (secondary N) is 1. The van der Waals surface area contributed by atoms with Crippen LogP contribution in [0.4, 0.5) is 10.5 Å². The fraction of sp³-hybridized carbons (Fsp3) is 0.174. The molecule has 3 aromatic rings. The predicted octanol–water partition coefficient (Wildman–Crippen LogP) is 6.68. The number of para-hydroxylation sites is 2. The highest BCUT2D eigenvalue weighted by Crippen LogP contribution is 2.24. The minimum Gasteiger partial charge on any atom is -0.457 e. The fourth-order valence-corrected chi connectivity index (χ4v) is 3.15. The molecule has 0 bridgehead atoms. The number of carbonyl (C=O) groups excluding carboxylic acids is 1. The minimum atomic E-state index is -0.142. The van der Waals surface area contributed by atoms with Crippen LogP contribution < -0.4 is 10.1 Å². The molecule has 0 spiro atoms. The Bertz CT molecular complexity index is 929. The van der Waals surface area contributed by atoms with Crippen LogP contribution in [0.15, 0.2) is 83.3 Å². The zero-order valence-corrected chi connectivity index (χ0v) is 17.5. The average molecular weight is 439 g/mol. The van der Waals surface area contributed by atoms with Crippen molar-refractivity contribution >= 4 is 27.6 Å². The van der Waals surface area contributed by atoms with E-state index in [2.05, 4.69) is 21.2 Å². The Hall–Kier alpha value is -2.79.